The molecule has 0 bridgehead atoms. The molecule has 0 unspecified atom stereocenters. The van der Waals surface area contributed by atoms with Gasteiger partial charge in [-0.3, -0.25) is 4.79 Å². The largest absolute Gasteiger partial charge is 0.495 e. The monoisotopic (exact) mass is 369 g/mol. The quantitative estimate of drug-likeness (QED) is 0.552. The van der Waals surface area contributed by atoms with Gasteiger partial charge in [-0.15, -0.1) is 0 Å². The maximum Gasteiger partial charge on any atom is 0.259 e. The molecule has 1 heterocycles. The molecule has 2 N–H and O–H groups in total. The highest BCUT2D eigenvalue weighted by atomic mass is 16.7. The third kappa shape index (κ3) is 5.13. The van der Waals surface area contributed by atoms with Gasteiger partial charge in [0.2, 0.25) is 6.79 Å². The predicted octanol–water partition coefficient (Wildman–Crippen LogP) is 2.96. The van der Waals surface area contributed by atoms with Crippen LogP contribution in [0, 0.1) is 0 Å². The second-order valence-corrected chi connectivity index (χ2v) is 6.12. The molecule has 1 amide bonds. The van der Waals surface area contributed by atoms with Crippen molar-refractivity contribution < 1.29 is 19.0 Å². The first-order valence-electron chi connectivity index (χ1n) is 8.73. The summed E-state index contributed by atoms with van der Waals surface area (Å²) in [5.41, 5.74) is 5.31. The fraction of sp³-hybridized carbons (Fsp3) is 0.300. The fourth-order valence-electron chi connectivity index (χ4n) is 2.64. The zero-order valence-electron chi connectivity index (χ0n) is 15.5. The first-order chi connectivity index (χ1) is 13.2. The van der Waals surface area contributed by atoms with Crippen LogP contribution >= 0.6 is 0 Å². The molecule has 0 aliphatic carbocycles. The molecule has 0 saturated carbocycles. The summed E-state index contributed by atoms with van der Waals surface area (Å²) in [7, 11) is 1.59. The van der Waals surface area contributed by atoms with Crippen LogP contribution in [-0.4, -0.2) is 32.1 Å². The van der Waals surface area contributed by atoms with Crippen LogP contribution in [0.25, 0.3) is 0 Å². The molecule has 142 valence electrons. The van der Waals surface area contributed by atoms with Crippen molar-refractivity contribution >= 4 is 17.3 Å². The van der Waals surface area contributed by atoms with Gasteiger partial charge in [0.25, 0.3) is 5.91 Å². The highest BCUT2D eigenvalue weighted by Crippen LogP contribution is 2.32. The van der Waals surface area contributed by atoms with Gasteiger partial charge in [-0.2, -0.15) is 5.10 Å². The number of rotatable bonds is 8. The van der Waals surface area contributed by atoms with E-state index < -0.39 is 0 Å². The molecule has 1 aliphatic rings. The molecule has 2 aromatic rings. The smallest absolute Gasteiger partial charge is 0.259 e. The molecule has 0 spiro atoms. The Labute approximate surface area is 158 Å². The molecule has 3 rings (SSSR count). The van der Waals surface area contributed by atoms with E-state index in [0.717, 1.165) is 41.3 Å². The van der Waals surface area contributed by atoms with Crippen LogP contribution in [0.5, 0.6) is 17.2 Å². The van der Waals surface area contributed by atoms with Gasteiger partial charge in [-0.1, -0.05) is 18.2 Å². The topological polar surface area (TPSA) is 81.2 Å². The Hall–Kier alpha value is -3.22. The van der Waals surface area contributed by atoms with Gasteiger partial charge < -0.3 is 19.5 Å². The predicted molar refractivity (Wildman–Crippen MR) is 104 cm³/mol. The number of hydrogen-bond acceptors (Lipinski definition) is 6. The highest BCUT2D eigenvalue weighted by Gasteiger charge is 2.13. The number of hydrogen-bond donors (Lipinski definition) is 2. The minimum absolute atomic E-state index is 0.110. The molecule has 27 heavy (non-hydrogen) atoms. The van der Waals surface area contributed by atoms with E-state index in [9.17, 15) is 4.79 Å². The van der Waals surface area contributed by atoms with E-state index in [1.807, 2.05) is 49.4 Å². The number of methoxy groups -OCH3 is 1. The molecular formula is C20H23N3O4. The first-order valence-corrected chi connectivity index (χ1v) is 8.73. The normalized spacial score (nSPS) is 12.6. The number of para-hydroxylation sites is 2. The van der Waals surface area contributed by atoms with E-state index in [0.29, 0.717) is 5.75 Å². The summed E-state index contributed by atoms with van der Waals surface area (Å²) in [6.07, 6.45) is 1.54. The van der Waals surface area contributed by atoms with Crippen LogP contribution in [0.1, 0.15) is 18.9 Å². The molecule has 2 aromatic carbocycles. The molecule has 1 aliphatic heterocycles. The second kappa shape index (κ2) is 8.93. The van der Waals surface area contributed by atoms with Crippen LogP contribution in [0.4, 0.5) is 5.69 Å². The summed E-state index contributed by atoms with van der Waals surface area (Å²) in [6.45, 7) is 2.27. The molecule has 7 nitrogen and oxygen atoms in total. The Morgan fingerprint density at radius 3 is 2.85 bits per heavy atom. The standard InChI is InChI=1S/C20H23N3O4/c1-14(7-8-15-9-10-18-19(11-15)27-13-26-18)22-23-20(24)12-21-16-5-3-4-6-17(16)25-2/h3-6,9-11,21H,7-8,12-13H2,1-2H3,(H,23,24)/b22-14-. The number of anilines is 1. The third-order valence-corrected chi connectivity index (χ3v) is 4.13. The van der Waals surface area contributed by atoms with Crippen molar-refractivity contribution in [1.29, 1.82) is 0 Å². The zero-order valence-corrected chi connectivity index (χ0v) is 15.5. The Kier molecular flexibility index (Phi) is 6.14. The van der Waals surface area contributed by atoms with E-state index in [1.165, 1.54) is 0 Å². The van der Waals surface area contributed by atoms with E-state index in [2.05, 4.69) is 15.8 Å². The van der Waals surface area contributed by atoms with Crippen LogP contribution in [0.15, 0.2) is 47.6 Å². The fourth-order valence-corrected chi connectivity index (χ4v) is 2.64. The summed E-state index contributed by atoms with van der Waals surface area (Å²) in [4.78, 5) is 12.0. The number of amides is 1. The molecule has 0 atom stereocenters. The Bertz CT molecular complexity index is 836. The highest BCUT2D eigenvalue weighted by molar-refractivity contribution is 5.86. The number of aryl methyl sites for hydroxylation is 1. The van der Waals surface area contributed by atoms with Gasteiger partial charge in [-0.05, 0) is 49.6 Å². The maximum atomic E-state index is 12.0. The molecule has 0 saturated heterocycles. The number of nitrogens with one attached hydrogen (secondary N) is 2. The summed E-state index contributed by atoms with van der Waals surface area (Å²) in [6, 6.07) is 13.3. The van der Waals surface area contributed by atoms with Gasteiger partial charge in [0.1, 0.15) is 5.75 Å². The molecular weight excluding hydrogens is 346 g/mol. The average molecular weight is 369 g/mol. The zero-order chi connectivity index (χ0) is 19.1. The SMILES string of the molecule is COc1ccccc1NCC(=O)N/N=C(/C)CCc1ccc2c(c1)OCO2. The number of carbonyl (C=O) groups excluding carboxylic acids is 1. The van der Waals surface area contributed by atoms with E-state index in [4.69, 9.17) is 14.2 Å². The van der Waals surface area contributed by atoms with Crippen molar-refractivity contribution in [2.45, 2.75) is 19.8 Å². The number of fused-ring (bicyclic) bond motifs is 1. The summed E-state index contributed by atoms with van der Waals surface area (Å²) >= 11 is 0. The number of benzene rings is 2. The van der Waals surface area contributed by atoms with Gasteiger partial charge >= 0.3 is 0 Å². The lowest BCUT2D eigenvalue weighted by molar-refractivity contribution is -0.119. The van der Waals surface area contributed by atoms with Gasteiger partial charge in [0, 0.05) is 5.71 Å². The molecule has 0 aromatic heterocycles. The first kappa shape index (κ1) is 18.6. The van der Waals surface area contributed by atoms with E-state index in [1.54, 1.807) is 7.11 Å². The Morgan fingerprint density at radius 2 is 2.00 bits per heavy atom. The Balaban J connectivity index is 1.43. The Morgan fingerprint density at radius 1 is 1.19 bits per heavy atom. The number of hydrazone groups is 1. The number of nitrogens with zero attached hydrogens (tertiary/aromatic N) is 1. The van der Waals surface area contributed by atoms with E-state index >= 15 is 0 Å². The number of ether oxygens (including phenoxy) is 3. The third-order valence-electron chi connectivity index (χ3n) is 4.13. The van der Waals surface area contributed by atoms with Gasteiger partial charge in [0.05, 0.1) is 19.3 Å². The minimum atomic E-state index is -0.219. The van der Waals surface area contributed by atoms with E-state index in [-0.39, 0.29) is 19.2 Å². The number of carbonyl (C=O) groups is 1. The molecule has 7 heteroatoms. The van der Waals surface area contributed by atoms with Gasteiger partial charge in [0.15, 0.2) is 11.5 Å². The maximum absolute atomic E-state index is 12.0. The van der Waals surface area contributed by atoms with Crippen molar-refractivity contribution in [3.63, 3.8) is 0 Å². The van der Waals surface area contributed by atoms with Gasteiger partial charge in [-0.25, -0.2) is 5.43 Å². The van der Waals surface area contributed by atoms with Crippen molar-refractivity contribution in [2.24, 2.45) is 5.10 Å². The minimum Gasteiger partial charge on any atom is -0.495 e. The summed E-state index contributed by atoms with van der Waals surface area (Å²) in [5, 5.41) is 7.19. The lowest BCUT2D eigenvalue weighted by Crippen LogP contribution is -2.26. The van der Waals surface area contributed by atoms with Crippen LogP contribution in [0.2, 0.25) is 0 Å². The summed E-state index contributed by atoms with van der Waals surface area (Å²) in [5.74, 6) is 2.02. The van der Waals surface area contributed by atoms with Crippen molar-refractivity contribution in [3.8, 4) is 17.2 Å². The lowest BCUT2D eigenvalue weighted by Gasteiger charge is -2.10. The molecule has 0 radical (unpaired) electrons. The van der Waals surface area contributed by atoms with Crippen LogP contribution < -0.4 is 25.0 Å². The van der Waals surface area contributed by atoms with Crippen molar-refractivity contribution in [2.75, 3.05) is 25.8 Å². The average Bonchev–Trinajstić information content (AvgIpc) is 3.17. The lowest BCUT2D eigenvalue weighted by atomic mass is 10.1. The van der Waals surface area contributed by atoms with Crippen LogP contribution in [0.3, 0.4) is 0 Å². The molecule has 0 fully saturated rings. The summed E-state index contributed by atoms with van der Waals surface area (Å²) < 4.78 is 15.9. The van der Waals surface area contributed by atoms with Crippen molar-refractivity contribution in [1.82, 2.24) is 5.43 Å². The van der Waals surface area contributed by atoms with Crippen molar-refractivity contribution in [3.05, 3.63) is 48.0 Å². The van der Waals surface area contributed by atoms with Crippen LogP contribution in [-0.2, 0) is 11.2 Å². The second-order valence-electron chi connectivity index (χ2n) is 6.12.